The molecule has 0 aliphatic heterocycles. The number of rotatable bonds is 7. The summed E-state index contributed by atoms with van der Waals surface area (Å²) < 4.78 is 0. The van der Waals surface area contributed by atoms with Crippen molar-refractivity contribution >= 4 is 40.9 Å². The Kier molecular flexibility index (Phi) is 7.45. The number of carboxylic acid groups (broad SMARTS) is 1. The van der Waals surface area contributed by atoms with Gasteiger partial charge in [0, 0.05) is 22.7 Å². The predicted octanol–water partition coefficient (Wildman–Crippen LogP) is 4.80. The van der Waals surface area contributed by atoms with Gasteiger partial charge < -0.3 is 15.7 Å². The Labute approximate surface area is 175 Å². The van der Waals surface area contributed by atoms with E-state index >= 15 is 0 Å². The Morgan fingerprint density at radius 2 is 1.62 bits per heavy atom. The fourth-order valence-corrected chi connectivity index (χ4v) is 3.24. The van der Waals surface area contributed by atoms with E-state index in [4.69, 9.17) is 5.11 Å². The number of carbonyl (C=O) groups excluding carboxylic acids is 2. The topological polar surface area (TPSA) is 95.5 Å². The Balaban J connectivity index is 1.88. The smallest absolute Gasteiger partial charge is 0.335 e. The van der Waals surface area contributed by atoms with Crippen LogP contribution in [0, 0.1) is 12.3 Å². The van der Waals surface area contributed by atoms with Crippen LogP contribution in [0.15, 0.2) is 47.4 Å². The van der Waals surface area contributed by atoms with Gasteiger partial charge in [-0.2, -0.15) is 0 Å². The first-order chi connectivity index (χ1) is 13.5. The van der Waals surface area contributed by atoms with Crippen LogP contribution in [0.25, 0.3) is 0 Å². The van der Waals surface area contributed by atoms with Crippen LogP contribution in [-0.4, -0.2) is 28.6 Å². The Morgan fingerprint density at radius 3 is 2.21 bits per heavy atom. The molecule has 0 heterocycles. The summed E-state index contributed by atoms with van der Waals surface area (Å²) in [6, 6.07) is 11.9. The lowest BCUT2D eigenvalue weighted by Crippen LogP contribution is -2.19. The fraction of sp³-hybridized carbons (Fsp3) is 0.318. The highest BCUT2D eigenvalue weighted by Crippen LogP contribution is 2.23. The number of aryl methyl sites for hydroxylation is 1. The highest BCUT2D eigenvalue weighted by Gasteiger charge is 2.16. The molecular formula is C22H26N2O4S. The van der Waals surface area contributed by atoms with Crippen LogP contribution in [0.3, 0.4) is 0 Å². The normalized spacial score (nSPS) is 11.0. The molecule has 0 aliphatic rings. The first-order valence-corrected chi connectivity index (χ1v) is 10.2. The number of amides is 2. The van der Waals surface area contributed by atoms with E-state index in [1.165, 1.54) is 23.9 Å². The van der Waals surface area contributed by atoms with Gasteiger partial charge in [-0.1, -0.05) is 26.8 Å². The van der Waals surface area contributed by atoms with Gasteiger partial charge in [-0.25, -0.2) is 4.79 Å². The van der Waals surface area contributed by atoms with Crippen LogP contribution >= 0.6 is 11.8 Å². The molecule has 6 nitrogen and oxygen atoms in total. The van der Waals surface area contributed by atoms with Gasteiger partial charge in [-0.05, 0) is 54.3 Å². The molecule has 2 rings (SSSR count). The number of hydrogen-bond acceptors (Lipinski definition) is 4. The summed E-state index contributed by atoms with van der Waals surface area (Å²) in [6.45, 7) is 7.84. The summed E-state index contributed by atoms with van der Waals surface area (Å²) in [5, 5.41) is 14.7. The molecule has 0 saturated carbocycles. The Hall–Kier alpha value is -2.80. The maximum Gasteiger partial charge on any atom is 0.335 e. The lowest BCUT2D eigenvalue weighted by Gasteiger charge is -2.17. The molecule has 0 atom stereocenters. The average Bonchev–Trinajstić information content (AvgIpc) is 2.61. The van der Waals surface area contributed by atoms with Gasteiger partial charge in [0.1, 0.15) is 0 Å². The van der Waals surface area contributed by atoms with Crippen molar-refractivity contribution in [1.29, 1.82) is 0 Å². The molecule has 0 radical (unpaired) electrons. The quantitative estimate of drug-likeness (QED) is 0.566. The van der Waals surface area contributed by atoms with E-state index in [9.17, 15) is 14.4 Å². The van der Waals surface area contributed by atoms with E-state index in [1.54, 1.807) is 25.1 Å². The number of nitrogens with one attached hydrogen (secondary N) is 2. The van der Waals surface area contributed by atoms with Crippen molar-refractivity contribution in [2.75, 3.05) is 16.4 Å². The molecule has 0 unspecified atom stereocenters. The summed E-state index contributed by atoms with van der Waals surface area (Å²) in [4.78, 5) is 36.2. The number of carbonyl (C=O) groups is 3. The zero-order chi connectivity index (χ0) is 21.6. The second-order valence-electron chi connectivity index (χ2n) is 7.98. The number of thioether (sulfide) groups is 1. The number of carboxylic acids is 1. The van der Waals surface area contributed by atoms with Crippen LogP contribution in [0.2, 0.25) is 0 Å². The van der Waals surface area contributed by atoms with Crippen LogP contribution in [-0.2, 0) is 9.59 Å². The maximum atomic E-state index is 12.2. The third-order valence-corrected chi connectivity index (χ3v) is 4.97. The Bertz CT molecular complexity index is 902. The van der Waals surface area contributed by atoms with Gasteiger partial charge in [-0.15, -0.1) is 11.8 Å². The number of aromatic carboxylic acids is 1. The van der Waals surface area contributed by atoms with Gasteiger partial charge in [0.25, 0.3) is 0 Å². The predicted molar refractivity (Wildman–Crippen MR) is 117 cm³/mol. The summed E-state index contributed by atoms with van der Waals surface area (Å²) >= 11 is 1.36. The molecule has 7 heteroatoms. The lowest BCUT2D eigenvalue weighted by molar-refractivity contribution is -0.118. The molecule has 0 spiro atoms. The third-order valence-electron chi connectivity index (χ3n) is 3.96. The standard InChI is InChI=1S/C22H26N2O4S/c1-14-5-6-15(21(27)28)11-18(14)24-20(26)13-29-17-9-7-16(8-10-17)23-19(25)12-22(2,3)4/h5-11H,12-13H2,1-4H3,(H,23,25)(H,24,26)(H,27,28). The van der Waals surface area contributed by atoms with E-state index in [-0.39, 0.29) is 28.5 Å². The minimum absolute atomic E-state index is 0.0313. The SMILES string of the molecule is Cc1ccc(C(=O)O)cc1NC(=O)CSc1ccc(NC(=O)CC(C)(C)C)cc1. The summed E-state index contributed by atoms with van der Waals surface area (Å²) in [7, 11) is 0. The van der Waals surface area contributed by atoms with Crippen molar-refractivity contribution in [2.45, 2.75) is 39.0 Å². The maximum absolute atomic E-state index is 12.2. The fourth-order valence-electron chi connectivity index (χ4n) is 2.55. The van der Waals surface area contributed by atoms with Gasteiger partial charge in [-0.3, -0.25) is 9.59 Å². The number of anilines is 2. The van der Waals surface area contributed by atoms with Crippen molar-refractivity contribution in [1.82, 2.24) is 0 Å². The zero-order valence-electron chi connectivity index (χ0n) is 17.0. The van der Waals surface area contributed by atoms with E-state index in [0.717, 1.165) is 10.5 Å². The lowest BCUT2D eigenvalue weighted by atomic mass is 9.92. The van der Waals surface area contributed by atoms with Crippen LogP contribution < -0.4 is 10.6 Å². The largest absolute Gasteiger partial charge is 0.478 e. The highest BCUT2D eigenvalue weighted by molar-refractivity contribution is 8.00. The van der Waals surface area contributed by atoms with Crippen molar-refractivity contribution in [3.05, 3.63) is 53.6 Å². The molecule has 154 valence electrons. The first kappa shape index (κ1) is 22.5. The van der Waals surface area contributed by atoms with Gasteiger partial charge in [0.2, 0.25) is 11.8 Å². The van der Waals surface area contributed by atoms with Crippen molar-refractivity contribution in [2.24, 2.45) is 5.41 Å². The molecule has 2 amide bonds. The molecule has 2 aromatic carbocycles. The molecule has 0 aliphatic carbocycles. The van der Waals surface area contributed by atoms with Crippen LogP contribution in [0.1, 0.15) is 43.1 Å². The summed E-state index contributed by atoms with van der Waals surface area (Å²) in [5.74, 6) is -1.10. The molecule has 0 saturated heterocycles. The van der Waals surface area contributed by atoms with E-state index < -0.39 is 5.97 Å². The number of benzene rings is 2. The van der Waals surface area contributed by atoms with E-state index in [0.29, 0.717) is 17.8 Å². The molecule has 3 N–H and O–H groups in total. The third kappa shape index (κ3) is 7.62. The van der Waals surface area contributed by atoms with Crippen molar-refractivity contribution in [3.63, 3.8) is 0 Å². The van der Waals surface area contributed by atoms with Gasteiger partial charge in [0.05, 0.1) is 11.3 Å². The molecule has 0 fully saturated rings. The van der Waals surface area contributed by atoms with Crippen LogP contribution in [0.5, 0.6) is 0 Å². The zero-order valence-corrected chi connectivity index (χ0v) is 17.9. The highest BCUT2D eigenvalue weighted by atomic mass is 32.2. The van der Waals surface area contributed by atoms with Gasteiger partial charge in [0.15, 0.2) is 0 Å². The number of hydrogen-bond donors (Lipinski definition) is 3. The summed E-state index contributed by atoms with van der Waals surface area (Å²) in [5.41, 5.74) is 2.06. The molecule has 0 bridgehead atoms. The van der Waals surface area contributed by atoms with Crippen molar-refractivity contribution < 1.29 is 19.5 Å². The Morgan fingerprint density at radius 1 is 0.966 bits per heavy atom. The molecule has 29 heavy (non-hydrogen) atoms. The second kappa shape index (κ2) is 9.60. The average molecular weight is 415 g/mol. The molecule has 2 aromatic rings. The summed E-state index contributed by atoms with van der Waals surface area (Å²) in [6.07, 6.45) is 0.437. The minimum atomic E-state index is -1.04. The molecule has 0 aromatic heterocycles. The van der Waals surface area contributed by atoms with E-state index in [2.05, 4.69) is 10.6 Å². The molecular weight excluding hydrogens is 388 g/mol. The monoisotopic (exact) mass is 414 g/mol. The second-order valence-corrected chi connectivity index (χ2v) is 9.03. The minimum Gasteiger partial charge on any atom is -0.478 e. The first-order valence-electron chi connectivity index (χ1n) is 9.20. The van der Waals surface area contributed by atoms with Gasteiger partial charge >= 0.3 is 5.97 Å². The van der Waals surface area contributed by atoms with E-state index in [1.807, 2.05) is 32.9 Å². The van der Waals surface area contributed by atoms with Crippen LogP contribution in [0.4, 0.5) is 11.4 Å². The van der Waals surface area contributed by atoms with Crippen molar-refractivity contribution in [3.8, 4) is 0 Å².